The van der Waals surface area contributed by atoms with Crippen LogP contribution < -0.4 is 10.2 Å². The number of fused-ring (bicyclic) bond motifs is 1. The lowest BCUT2D eigenvalue weighted by Crippen LogP contribution is -2.40. The fourth-order valence-electron chi connectivity index (χ4n) is 4.81. The summed E-state index contributed by atoms with van der Waals surface area (Å²) in [5.74, 6) is 3.97. The average Bonchev–Trinajstić information content (AvgIpc) is 3.35. The van der Waals surface area contributed by atoms with Crippen LogP contribution in [0.4, 0.5) is 5.82 Å². The third-order valence-corrected chi connectivity index (χ3v) is 6.26. The van der Waals surface area contributed by atoms with E-state index in [1.165, 1.54) is 57.2 Å². The van der Waals surface area contributed by atoms with Crippen LogP contribution in [-0.2, 0) is 6.54 Å². The Morgan fingerprint density at radius 2 is 1.81 bits per heavy atom. The number of guanidine groups is 1. The molecule has 0 spiro atoms. The van der Waals surface area contributed by atoms with Crippen molar-refractivity contribution < 1.29 is 0 Å². The van der Waals surface area contributed by atoms with Gasteiger partial charge in [0.15, 0.2) is 5.96 Å². The molecular weight excluding hydrogens is 449 g/mol. The summed E-state index contributed by atoms with van der Waals surface area (Å²) in [5, 5.41) is 3.51. The summed E-state index contributed by atoms with van der Waals surface area (Å²) < 4.78 is 0. The van der Waals surface area contributed by atoms with Crippen LogP contribution in [-0.4, -0.2) is 48.6 Å². The molecule has 4 rings (SSSR count). The predicted octanol–water partition coefficient (Wildman–Crippen LogP) is 3.89. The van der Waals surface area contributed by atoms with Gasteiger partial charge in [-0.25, -0.2) is 9.98 Å². The molecule has 27 heavy (non-hydrogen) atoms. The fraction of sp³-hybridized carbons (Fsp3) is 0.714. The molecule has 5 nitrogen and oxygen atoms in total. The Labute approximate surface area is 181 Å². The summed E-state index contributed by atoms with van der Waals surface area (Å²) in [6.07, 6.45) is 10.2. The molecule has 1 saturated carbocycles. The van der Waals surface area contributed by atoms with Crippen LogP contribution in [0.15, 0.2) is 23.3 Å². The van der Waals surface area contributed by atoms with Gasteiger partial charge in [0.25, 0.3) is 0 Å². The molecule has 6 heteroatoms. The minimum atomic E-state index is 0. The van der Waals surface area contributed by atoms with Gasteiger partial charge in [-0.15, -0.1) is 24.0 Å². The maximum atomic E-state index is 4.93. The Morgan fingerprint density at radius 1 is 1.11 bits per heavy atom. The van der Waals surface area contributed by atoms with Crippen molar-refractivity contribution in [1.29, 1.82) is 0 Å². The van der Waals surface area contributed by atoms with Crippen molar-refractivity contribution in [2.45, 2.75) is 52.0 Å². The van der Waals surface area contributed by atoms with E-state index >= 15 is 0 Å². The molecule has 3 fully saturated rings. The average molecular weight is 483 g/mol. The van der Waals surface area contributed by atoms with Crippen LogP contribution >= 0.6 is 24.0 Å². The number of anilines is 1. The van der Waals surface area contributed by atoms with Gasteiger partial charge in [-0.05, 0) is 56.1 Å². The lowest BCUT2D eigenvalue weighted by molar-refractivity contribution is 0.299. The van der Waals surface area contributed by atoms with Crippen LogP contribution in [0.25, 0.3) is 0 Å². The van der Waals surface area contributed by atoms with Crippen molar-refractivity contribution in [3.63, 3.8) is 0 Å². The lowest BCUT2D eigenvalue weighted by atomic mass is 9.82. The normalized spacial score (nSPS) is 25.3. The molecule has 2 saturated heterocycles. The summed E-state index contributed by atoms with van der Waals surface area (Å²) in [6.45, 7) is 8.45. The minimum Gasteiger partial charge on any atom is -0.357 e. The summed E-state index contributed by atoms with van der Waals surface area (Å²) in [6, 6.07) is 4.35. The van der Waals surface area contributed by atoms with Crippen molar-refractivity contribution in [3.05, 3.63) is 23.9 Å². The molecule has 0 aromatic carbocycles. The van der Waals surface area contributed by atoms with Crippen molar-refractivity contribution in [2.75, 3.05) is 37.6 Å². The third-order valence-electron chi connectivity index (χ3n) is 6.26. The molecule has 150 valence electrons. The second-order valence-electron chi connectivity index (χ2n) is 8.10. The highest BCUT2D eigenvalue weighted by Crippen LogP contribution is 2.36. The van der Waals surface area contributed by atoms with Gasteiger partial charge in [0.2, 0.25) is 0 Å². The number of nitrogens with one attached hydrogen (secondary N) is 1. The molecule has 2 unspecified atom stereocenters. The van der Waals surface area contributed by atoms with E-state index in [-0.39, 0.29) is 24.0 Å². The highest BCUT2D eigenvalue weighted by Gasteiger charge is 2.35. The summed E-state index contributed by atoms with van der Waals surface area (Å²) in [4.78, 5) is 14.5. The molecule has 0 amide bonds. The lowest BCUT2D eigenvalue weighted by Gasteiger charge is -2.22. The van der Waals surface area contributed by atoms with E-state index in [1.54, 1.807) is 0 Å². The Morgan fingerprint density at radius 3 is 2.41 bits per heavy atom. The largest absolute Gasteiger partial charge is 0.357 e. The maximum absolute atomic E-state index is 4.93. The van der Waals surface area contributed by atoms with Crippen LogP contribution in [0, 0.1) is 11.8 Å². The second-order valence-corrected chi connectivity index (χ2v) is 8.10. The molecule has 3 aliphatic rings. The van der Waals surface area contributed by atoms with Crippen LogP contribution in [0.2, 0.25) is 0 Å². The fourth-order valence-corrected chi connectivity index (χ4v) is 4.81. The molecular formula is C21H34IN5. The summed E-state index contributed by atoms with van der Waals surface area (Å²) in [7, 11) is 0. The van der Waals surface area contributed by atoms with Crippen LogP contribution in [0.5, 0.6) is 0 Å². The van der Waals surface area contributed by atoms with Gasteiger partial charge in [0, 0.05) is 38.9 Å². The molecule has 0 radical (unpaired) electrons. The molecule has 1 aromatic heterocycles. The number of likely N-dealkylation sites (tertiary alicyclic amines) is 1. The zero-order valence-corrected chi connectivity index (χ0v) is 18.9. The Balaban J connectivity index is 0.00000210. The number of aliphatic imine (C=N–C) groups is 1. The van der Waals surface area contributed by atoms with E-state index in [0.717, 1.165) is 43.2 Å². The van der Waals surface area contributed by atoms with Gasteiger partial charge in [-0.1, -0.05) is 18.9 Å². The smallest absolute Gasteiger partial charge is 0.194 e. The Hall–Kier alpha value is -1.05. The van der Waals surface area contributed by atoms with Gasteiger partial charge in [-0.2, -0.15) is 0 Å². The molecule has 3 heterocycles. The monoisotopic (exact) mass is 483 g/mol. The third kappa shape index (κ3) is 5.06. The van der Waals surface area contributed by atoms with E-state index in [1.807, 2.05) is 6.20 Å². The molecule has 1 aromatic rings. The summed E-state index contributed by atoms with van der Waals surface area (Å²) in [5.41, 5.74) is 1.19. The van der Waals surface area contributed by atoms with Gasteiger partial charge >= 0.3 is 0 Å². The maximum Gasteiger partial charge on any atom is 0.194 e. The second kappa shape index (κ2) is 9.94. The number of halogens is 1. The quantitative estimate of drug-likeness (QED) is 0.401. The molecule has 1 aliphatic carbocycles. The van der Waals surface area contributed by atoms with Gasteiger partial charge in [0.05, 0.1) is 6.54 Å². The number of rotatable bonds is 4. The highest BCUT2D eigenvalue weighted by atomic mass is 127. The number of hydrogen-bond acceptors (Lipinski definition) is 3. The first-order valence-corrected chi connectivity index (χ1v) is 10.6. The molecule has 2 atom stereocenters. The van der Waals surface area contributed by atoms with Gasteiger partial charge in [0.1, 0.15) is 5.82 Å². The Bertz CT molecular complexity index is 598. The standard InChI is InChI=1S/C21H33N5.HI/c1-2-22-21(26-15-18-7-3-4-8-19(18)16-26)24-14-17-9-10-20(23-13-17)25-11-5-6-12-25;/h9-10,13,18-19H,2-8,11-12,14-16H2,1H3,(H,22,24);1H. The zero-order valence-electron chi connectivity index (χ0n) is 16.6. The molecule has 1 N–H and O–H groups in total. The van der Waals surface area contributed by atoms with Crippen molar-refractivity contribution in [3.8, 4) is 0 Å². The molecule has 2 aliphatic heterocycles. The van der Waals surface area contributed by atoms with Gasteiger partial charge < -0.3 is 15.1 Å². The first kappa shape index (κ1) is 20.7. The number of nitrogens with zero attached hydrogens (tertiary/aromatic N) is 4. The first-order valence-electron chi connectivity index (χ1n) is 10.6. The summed E-state index contributed by atoms with van der Waals surface area (Å²) >= 11 is 0. The number of pyridine rings is 1. The number of aromatic nitrogens is 1. The Kier molecular flexibility index (Phi) is 7.61. The van der Waals surface area contributed by atoms with E-state index in [9.17, 15) is 0 Å². The van der Waals surface area contributed by atoms with E-state index < -0.39 is 0 Å². The van der Waals surface area contributed by atoms with Crippen LogP contribution in [0.1, 0.15) is 51.0 Å². The van der Waals surface area contributed by atoms with Crippen molar-refractivity contribution >= 4 is 35.8 Å². The van der Waals surface area contributed by atoms with Crippen molar-refractivity contribution in [2.24, 2.45) is 16.8 Å². The zero-order chi connectivity index (χ0) is 17.8. The SMILES string of the molecule is CCNC(=NCc1ccc(N2CCCC2)nc1)N1CC2CCCCC2C1.I. The first-order chi connectivity index (χ1) is 12.8. The number of hydrogen-bond donors (Lipinski definition) is 1. The van der Waals surface area contributed by atoms with E-state index in [2.05, 4.69) is 39.2 Å². The van der Waals surface area contributed by atoms with Gasteiger partial charge in [-0.3, -0.25) is 0 Å². The van der Waals surface area contributed by atoms with Crippen LogP contribution in [0.3, 0.4) is 0 Å². The van der Waals surface area contributed by atoms with E-state index in [4.69, 9.17) is 4.99 Å². The predicted molar refractivity (Wildman–Crippen MR) is 123 cm³/mol. The highest BCUT2D eigenvalue weighted by molar-refractivity contribution is 14.0. The minimum absolute atomic E-state index is 0. The molecule has 0 bridgehead atoms. The van der Waals surface area contributed by atoms with Crippen molar-refractivity contribution in [1.82, 2.24) is 15.2 Å². The topological polar surface area (TPSA) is 43.8 Å². The van der Waals surface area contributed by atoms with E-state index in [0.29, 0.717) is 6.54 Å².